The molecule has 0 aliphatic carbocycles. The summed E-state index contributed by atoms with van der Waals surface area (Å²) in [5.74, 6) is -0.262. The molecule has 0 bridgehead atoms. The monoisotopic (exact) mass is 254 g/mol. The zero-order chi connectivity index (χ0) is 13.2. The third-order valence-corrected chi connectivity index (χ3v) is 2.17. The molecule has 1 aromatic carbocycles. The van der Waals surface area contributed by atoms with E-state index in [9.17, 15) is 13.2 Å². The first-order chi connectivity index (χ1) is 8.44. The molecule has 94 valence electrons. The number of hydrogen-bond acceptors (Lipinski definition) is 3. The quantitative estimate of drug-likeness (QED) is 0.895. The molecular weight excluding hydrogens is 245 g/mol. The van der Waals surface area contributed by atoms with Gasteiger partial charge in [-0.1, -0.05) is 0 Å². The summed E-state index contributed by atoms with van der Waals surface area (Å²) in [7, 11) is 0. The number of alkyl halides is 3. The first-order valence-electron chi connectivity index (χ1n) is 5.02. The van der Waals surface area contributed by atoms with Gasteiger partial charge in [0.2, 0.25) is 0 Å². The fraction of sp³-hybridized carbons (Fsp3) is 0.0833. The van der Waals surface area contributed by atoms with Gasteiger partial charge in [-0.3, -0.25) is 4.98 Å². The maximum atomic E-state index is 12.0. The molecule has 0 aliphatic heterocycles. The highest BCUT2D eigenvalue weighted by Crippen LogP contribution is 2.25. The van der Waals surface area contributed by atoms with E-state index in [-0.39, 0.29) is 5.75 Å². The third-order valence-electron chi connectivity index (χ3n) is 2.17. The molecule has 6 heteroatoms. The average Bonchev–Trinajstić information content (AvgIpc) is 2.29. The Morgan fingerprint density at radius 3 is 2.17 bits per heavy atom. The van der Waals surface area contributed by atoms with Gasteiger partial charge in [-0.05, 0) is 36.4 Å². The van der Waals surface area contributed by atoms with E-state index < -0.39 is 6.36 Å². The number of nitrogens with two attached hydrogens (primary N) is 1. The third kappa shape index (κ3) is 3.13. The molecule has 0 spiro atoms. The lowest BCUT2D eigenvalue weighted by molar-refractivity contribution is -0.274. The summed E-state index contributed by atoms with van der Waals surface area (Å²) in [6.45, 7) is 0. The molecule has 18 heavy (non-hydrogen) atoms. The lowest BCUT2D eigenvalue weighted by Gasteiger charge is -2.09. The maximum Gasteiger partial charge on any atom is 0.573 e. The van der Waals surface area contributed by atoms with Crippen LogP contribution in [0.1, 0.15) is 0 Å². The van der Waals surface area contributed by atoms with Crippen molar-refractivity contribution in [2.24, 2.45) is 0 Å². The van der Waals surface area contributed by atoms with Crippen LogP contribution in [-0.4, -0.2) is 11.3 Å². The van der Waals surface area contributed by atoms with E-state index in [1.807, 2.05) is 0 Å². The number of nitrogen functional groups attached to an aromatic ring is 1. The normalized spacial score (nSPS) is 11.3. The largest absolute Gasteiger partial charge is 0.573 e. The van der Waals surface area contributed by atoms with Crippen LogP contribution in [0.4, 0.5) is 18.9 Å². The standard InChI is InChI=1S/C12H9F3N2O/c13-12(14,15)18-10-4-1-8(2-5-10)11-6-3-9(16)7-17-11/h1-7H,16H2. The number of halogens is 3. The minimum Gasteiger partial charge on any atom is -0.406 e. The van der Waals surface area contributed by atoms with Crippen molar-refractivity contribution < 1.29 is 17.9 Å². The fourth-order valence-corrected chi connectivity index (χ4v) is 1.40. The molecule has 0 saturated carbocycles. The van der Waals surface area contributed by atoms with Crippen molar-refractivity contribution in [3.63, 3.8) is 0 Å². The summed E-state index contributed by atoms with van der Waals surface area (Å²) in [5, 5.41) is 0. The Morgan fingerprint density at radius 1 is 1.00 bits per heavy atom. The van der Waals surface area contributed by atoms with E-state index in [1.54, 1.807) is 12.1 Å². The van der Waals surface area contributed by atoms with Crippen LogP contribution in [0.25, 0.3) is 11.3 Å². The van der Waals surface area contributed by atoms with Gasteiger partial charge in [0, 0.05) is 5.56 Å². The predicted octanol–water partition coefficient (Wildman–Crippen LogP) is 3.23. The second kappa shape index (κ2) is 4.56. The molecule has 2 rings (SSSR count). The average molecular weight is 254 g/mol. The van der Waals surface area contributed by atoms with Crippen LogP contribution in [0, 0.1) is 0 Å². The number of pyridine rings is 1. The van der Waals surface area contributed by atoms with Crippen LogP contribution in [0.2, 0.25) is 0 Å². The smallest absolute Gasteiger partial charge is 0.406 e. The zero-order valence-electron chi connectivity index (χ0n) is 9.11. The highest BCUT2D eigenvalue weighted by molar-refractivity contribution is 5.61. The maximum absolute atomic E-state index is 12.0. The van der Waals surface area contributed by atoms with E-state index in [0.29, 0.717) is 16.9 Å². The van der Waals surface area contributed by atoms with E-state index in [0.717, 1.165) is 0 Å². The van der Waals surface area contributed by atoms with Gasteiger partial charge in [-0.2, -0.15) is 0 Å². The van der Waals surface area contributed by atoms with Gasteiger partial charge in [0.1, 0.15) is 5.75 Å². The SMILES string of the molecule is Nc1ccc(-c2ccc(OC(F)(F)F)cc2)nc1. The van der Waals surface area contributed by atoms with Crippen molar-refractivity contribution in [3.8, 4) is 17.0 Å². The van der Waals surface area contributed by atoms with E-state index in [2.05, 4.69) is 9.72 Å². The Labute approximate surface area is 101 Å². The lowest BCUT2D eigenvalue weighted by atomic mass is 10.1. The number of benzene rings is 1. The second-order valence-corrected chi connectivity index (χ2v) is 3.55. The summed E-state index contributed by atoms with van der Waals surface area (Å²) >= 11 is 0. The first-order valence-corrected chi connectivity index (χ1v) is 5.02. The topological polar surface area (TPSA) is 48.1 Å². The molecule has 0 unspecified atom stereocenters. The van der Waals surface area contributed by atoms with Crippen molar-refractivity contribution in [2.45, 2.75) is 6.36 Å². The number of aromatic nitrogens is 1. The summed E-state index contributed by atoms with van der Waals surface area (Å²) < 4.78 is 39.7. The van der Waals surface area contributed by atoms with E-state index in [4.69, 9.17) is 5.73 Å². The predicted molar refractivity (Wildman–Crippen MR) is 60.8 cm³/mol. The summed E-state index contributed by atoms with van der Waals surface area (Å²) in [4.78, 5) is 4.06. The molecule has 1 heterocycles. The molecule has 1 aromatic heterocycles. The van der Waals surface area contributed by atoms with Gasteiger partial charge in [0.05, 0.1) is 17.6 Å². The number of ether oxygens (including phenoxy) is 1. The Bertz CT molecular complexity index is 521. The Morgan fingerprint density at radius 2 is 1.67 bits per heavy atom. The van der Waals surface area contributed by atoms with Crippen LogP contribution in [0.15, 0.2) is 42.6 Å². The van der Waals surface area contributed by atoms with Gasteiger partial charge in [0.25, 0.3) is 0 Å². The zero-order valence-corrected chi connectivity index (χ0v) is 9.11. The Hall–Kier alpha value is -2.24. The van der Waals surface area contributed by atoms with Gasteiger partial charge in [0.15, 0.2) is 0 Å². The molecule has 2 N–H and O–H groups in total. The molecule has 0 saturated heterocycles. The minimum atomic E-state index is -4.68. The van der Waals surface area contributed by atoms with E-state index >= 15 is 0 Å². The highest BCUT2D eigenvalue weighted by Gasteiger charge is 2.30. The molecule has 0 fully saturated rings. The van der Waals surface area contributed by atoms with E-state index in [1.165, 1.54) is 30.5 Å². The van der Waals surface area contributed by atoms with Crippen molar-refractivity contribution in [2.75, 3.05) is 5.73 Å². The Balaban J connectivity index is 2.20. The molecular formula is C12H9F3N2O. The molecule has 2 aromatic rings. The van der Waals surface area contributed by atoms with Crippen LogP contribution in [-0.2, 0) is 0 Å². The molecule has 0 aliphatic rings. The molecule has 3 nitrogen and oxygen atoms in total. The Kier molecular flexibility index (Phi) is 3.10. The minimum absolute atomic E-state index is 0.262. The summed E-state index contributed by atoms with van der Waals surface area (Å²) in [6.07, 6.45) is -3.20. The number of nitrogens with zero attached hydrogens (tertiary/aromatic N) is 1. The summed E-state index contributed by atoms with van der Waals surface area (Å²) in [5.41, 5.74) is 7.33. The molecule has 0 atom stereocenters. The van der Waals surface area contributed by atoms with Crippen LogP contribution >= 0.6 is 0 Å². The van der Waals surface area contributed by atoms with Crippen LogP contribution in [0.3, 0.4) is 0 Å². The fourth-order valence-electron chi connectivity index (χ4n) is 1.40. The number of rotatable bonds is 2. The van der Waals surface area contributed by atoms with Crippen LogP contribution < -0.4 is 10.5 Å². The van der Waals surface area contributed by atoms with Crippen molar-refractivity contribution >= 4 is 5.69 Å². The van der Waals surface area contributed by atoms with Gasteiger partial charge >= 0.3 is 6.36 Å². The lowest BCUT2D eigenvalue weighted by Crippen LogP contribution is -2.16. The van der Waals surface area contributed by atoms with Crippen molar-refractivity contribution in [3.05, 3.63) is 42.6 Å². The van der Waals surface area contributed by atoms with Crippen molar-refractivity contribution in [1.29, 1.82) is 0 Å². The summed E-state index contributed by atoms with van der Waals surface area (Å²) in [6, 6.07) is 8.83. The van der Waals surface area contributed by atoms with Crippen molar-refractivity contribution in [1.82, 2.24) is 4.98 Å². The first kappa shape index (κ1) is 12.2. The molecule has 0 amide bonds. The van der Waals surface area contributed by atoms with Gasteiger partial charge < -0.3 is 10.5 Å². The number of anilines is 1. The highest BCUT2D eigenvalue weighted by atomic mass is 19.4. The van der Waals surface area contributed by atoms with Gasteiger partial charge in [-0.15, -0.1) is 13.2 Å². The van der Waals surface area contributed by atoms with Crippen LogP contribution in [0.5, 0.6) is 5.75 Å². The second-order valence-electron chi connectivity index (χ2n) is 3.55. The molecule has 0 radical (unpaired) electrons. The van der Waals surface area contributed by atoms with Gasteiger partial charge in [-0.25, -0.2) is 0 Å². The number of hydrogen-bond donors (Lipinski definition) is 1.